The Morgan fingerprint density at radius 1 is 1.26 bits per heavy atom. The summed E-state index contributed by atoms with van der Waals surface area (Å²) in [7, 11) is -3.69. The summed E-state index contributed by atoms with van der Waals surface area (Å²) in [6.07, 6.45) is 1.99. The third kappa shape index (κ3) is 2.85. The smallest absolute Gasteiger partial charge is 0.194 e. The van der Waals surface area contributed by atoms with Crippen LogP contribution in [-0.4, -0.2) is 19.5 Å². The average Bonchev–Trinajstić information content (AvgIpc) is 2.40. The third-order valence-electron chi connectivity index (χ3n) is 3.48. The number of nitrogens with zero attached hydrogens (tertiary/aromatic N) is 1. The van der Waals surface area contributed by atoms with Gasteiger partial charge >= 0.3 is 0 Å². The van der Waals surface area contributed by atoms with Gasteiger partial charge in [-0.2, -0.15) is 5.26 Å². The molecule has 4 nitrogen and oxygen atoms in total. The largest absolute Gasteiger partial charge is 0.300 e. The summed E-state index contributed by atoms with van der Waals surface area (Å²) in [6, 6.07) is 9.86. The van der Waals surface area contributed by atoms with Gasteiger partial charge in [0.25, 0.3) is 0 Å². The summed E-state index contributed by atoms with van der Waals surface area (Å²) in [4.78, 5) is 11.6. The van der Waals surface area contributed by atoms with Gasteiger partial charge in [-0.1, -0.05) is 18.2 Å². The lowest BCUT2D eigenvalue weighted by Crippen LogP contribution is -2.32. The van der Waals surface area contributed by atoms with Gasteiger partial charge in [-0.3, -0.25) is 4.79 Å². The van der Waals surface area contributed by atoms with Crippen molar-refractivity contribution >= 4 is 15.6 Å². The topological polar surface area (TPSA) is 75.0 Å². The lowest BCUT2D eigenvalue weighted by atomic mass is 9.86. The molecule has 0 spiro atoms. The van der Waals surface area contributed by atoms with Gasteiger partial charge in [0.1, 0.15) is 5.78 Å². The second kappa shape index (κ2) is 5.54. The minimum Gasteiger partial charge on any atom is -0.300 e. The van der Waals surface area contributed by atoms with Crippen molar-refractivity contribution in [2.75, 3.05) is 0 Å². The number of nitriles is 1. The molecule has 1 aliphatic rings. The Morgan fingerprint density at radius 2 is 1.95 bits per heavy atom. The van der Waals surface area contributed by atoms with Crippen LogP contribution in [0.2, 0.25) is 0 Å². The number of benzene rings is 1. The molecule has 5 heteroatoms. The Kier molecular flexibility index (Phi) is 4.01. The third-order valence-corrected chi connectivity index (χ3v) is 5.57. The summed E-state index contributed by atoms with van der Waals surface area (Å²) >= 11 is 0. The minimum absolute atomic E-state index is 0.0553. The summed E-state index contributed by atoms with van der Waals surface area (Å²) in [5.74, 6) is -0.323. The van der Waals surface area contributed by atoms with E-state index in [4.69, 9.17) is 0 Å². The average molecular weight is 277 g/mol. The van der Waals surface area contributed by atoms with Crippen LogP contribution in [0.5, 0.6) is 0 Å². The second-order valence-electron chi connectivity index (χ2n) is 4.80. The van der Waals surface area contributed by atoms with Crippen molar-refractivity contribution in [3.05, 3.63) is 30.3 Å². The van der Waals surface area contributed by atoms with Gasteiger partial charge in [0.2, 0.25) is 0 Å². The Bertz CT molecular complexity index is 601. The first-order valence-corrected chi connectivity index (χ1v) is 7.80. The molecular weight excluding hydrogens is 262 g/mol. The van der Waals surface area contributed by atoms with Crippen molar-refractivity contribution in [1.82, 2.24) is 0 Å². The minimum atomic E-state index is -3.69. The molecule has 1 aromatic carbocycles. The maximum absolute atomic E-state index is 12.4. The number of carbonyl (C=O) groups excluding carboxylic acids is 1. The van der Waals surface area contributed by atoms with E-state index in [0.29, 0.717) is 19.3 Å². The van der Waals surface area contributed by atoms with E-state index < -0.39 is 15.1 Å². The zero-order chi connectivity index (χ0) is 13.9. The molecule has 2 rings (SSSR count). The summed E-state index contributed by atoms with van der Waals surface area (Å²) < 4.78 is 24.9. The van der Waals surface area contributed by atoms with Crippen LogP contribution in [-0.2, 0) is 14.6 Å². The Labute approximate surface area is 113 Å². The Balaban J connectivity index is 2.32. The highest BCUT2D eigenvalue weighted by molar-refractivity contribution is 7.92. The van der Waals surface area contributed by atoms with Gasteiger partial charge in [-0.15, -0.1) is 0 Å². The molecule has 0 saturated heterocycles. The van der Waals surface area contributed by atoms with Crippen LogP contribution >= 0.6 is 0 Å². The number of rotatable bonds is 3. The highest BCUT2D eigenvalue weighted by Crippen LogP contribution is 2.30. The molecule has 1 aromatic rings. The number of carbonyl (C=O) groups is 1. The second-order valence-corrected chi connectivity index (χ2v) is 6.87. The van der Waals surface area contributed by atoms with Crippen LogP contribution in [0.15, 0.2) is 35.2 Å². The van der Waals surface area contributed by atoms with Crippen LogP contribution in [0.25, 0.3) is 0 Å². The fourth-order valence-electron chi connectivity index (χ4n) is 2.50. The molecule has 0 bridgehead atoms. The molecular formula is C14H15NO3S. The molecule has 0 N–H and O–H groups in total. The molecule has 0 heterocycles. The molecule has 0 amide bonds. The van der Waals surface area contributed by atoms with Crippen molar-refractivity contribution in [2.24, 2.45) is 5.92 Å². The Morgan fingerprint density at radius 3 is 2.53 bits per heavy atom. The van der Waals surface area contributed by atoms with E-state index in [9.17, 15) is 18.5 Å². The zero-order valence-electron chi connectivity index (χ0n) is 10.5. The number of hydrogen-bond donors (Lipinski definition) is 0. The first-order valence-electron chi connectivity index (χ1n) is 6.26. The van der Waals surface area contributed by atoms with E-state index >= 15 is 0 Å². The highest BCUT2D eigenvalue weighted by Gasteiger charge is 2.37. The normalized spacial score (nSPS) is 21.6. The van der Waals surface area contributed by atoms with Crippen molar-refractivity contribution in [1.29, 1.82) is 5.26 Å². The van der Waals surface area contributed by atoms with E-state index in [1.54, 1.807) is 18.2 Å². The first-order chi connectivity index (χ1) is 9.05. The molecule has 19 heavy (non-hydrogen) atoms. The van der Waals surface area contributed by atoms with E-state index in [2.05, 4.69) is 0 Å². The van der Waals surface area contributed by atoms with Crippen molar-refractivity contribution in [3.63, 3.8) is 0 Å². The number of Topliss-reactive ketones (excluding diaryl/α,β-unsaturated/α-hetero) is 1. The van der Waals surface area contributed by atoms with Crippen molar-refractivity contribution in [3.8, 4) is 6.07 Å². The molecule has 1 aliphatic carbocycles. The molecule has 100 valence electrons. The maximum atomic E-state index is 12.4. The van der Waals surface area contributed by atoms with Crippen LogP contribution in [0.3, 0.4) is 0 Å². The summed E-state index contributed by atoms with van der Waals surface area (Å²) in [5.41, 5.74) is 0. The molecule has 0 radical (unpaired) electrons. The quantitative estimate of drug-likeness (QED) is 0.848. The van der Waals surface area contributed by atoms with Gasteiger partial charge in [-0.05, 0) is 30.9 Å². The lowest BCUT2D eigenvalue weighted by Gasteiger charge is -2.24. The van der Waals surface area contributed by atoms with E-state index in [-0.39, 0.29) is 23.0 Å². The van der Waals surface area contributed by atoms with E-state index in [1.165, 1.54) is 12.1 Å². The molecule has 1 saturated carbocycles. The van der Waals surface area contributed by atoms with Gasteiger partial charge in [-0.25, -0.2) is 8.42 Å². The van der Waals surface area contributed by atoms with Gasteiger partial charge < -0.3 is 0 Å². The van der Waals surface area contributed by atoms with Gasteiger partial charge in [0.15, 0.2) is 15.1 Å². The predicted molar refractivity (Wildman–Crippen MR) is 70.0 cm³/mol. The van der Waals surface area contributed by atoms with Crippen molar-refractivity contribution in [2.45, 2.75) is 35.8 Å². The van der Waals surface area contributed by atoms with Gasteiger partial charge in [0, 0.05) is 12.8 Å². The predicted octanol–water partition coefficient (Wildman–Crippen LogP) is 2.11. The summed E-state index contributed by atoms with van der Waals surface area (Å²) in [5, 5.41) is 8.10. The first kappa shape index (κ1) is 13.8. The standard InChI is InChI=1S/C14H15NO3S/c15-10-14(11-5-4-6-12(16)9-11)19(17,18)13-7-2-1-3-8-13/h1-3,7-8,11,14H,4-6,9H2. The number of hydrogen-bond acceptors (Lipinski definition) is 4. The molecule has 1 fully saturated rings. The molecule has 0 aliphatic heterocycles. The van der Waals surface area contributed by atoms with E-state index in [0.717, 1.165) is 0 Å². The van der Waals surface area contributed by atoms with Crippen molar-refractivity contribution < 1.29 is 13.2 Å². The molecule has 2 atom stereocenters. The fraction of sp³-hybridized carbons (Fsp3) is 0.429. The summed E-state index contributed by atoms with van der Waals surface area (Å²) in [6.45, 7) is 0. The number of ketones is 1. The van der Waals surface area contributed by atoms with Crippen LogP contribution in [0, 0.1) is 17.2 Å². The van der Waals surface area contributed by atoms with Crippen LogP contribution in [0.1, 0.15) is 25.7 Å². The SMILES string of the molecule is N#CC(C1CCCC(=O)C1)S(=O)(=O)c1ccccc1. The number of sulfone groups is 1. The maximum Gasteiger partial charge on any atom is 0.194 e. The lowest BCUT2D eigenvalue weighted by molar-refractivity contribution is -0.121. The van der Waals surface area contributed by atoms with Gasteiger partial charge in [0.05, 0.1) is 11.0 Å². The highest BCUT2D eigenvalue weighted by atomic mass is 32.2. The monoisotopic (exact) mass is 277 g/mol. The molecule has 2 unspecified atom stereocenters. The van der Waals surface area contributed by atoms with Crippen LogP contribution in [0.4, 0.5) is 0 Å². The Hall–Kier alpha value is -1.67. The zero-order valence-corrected chi connectivity index (χ0v) is 11.3. The molecule has 0 aromatic heterocycles. The van der Waals surface area contributed by atoms with Crippen LogP contribution < -0.4 is 0 Å². The fourth-order valence-corrected chi connectivity index (χ4v) is 4.21. The van der Waals surface area contributed by atoms with E-state index in [1.807, 2.05) is 6.07 Å².